The highest BCUT2D eigenvalue weighted by Crippen LogP contribution is 2.43. The first-order chi connectivity index (χ1) is 18.9. The predicted molar refractivity (Wildman–Crippen MR) is 148 cm³/mol. The van der Waals surface area contributed by atoms with Gasteiger partial charge in [0.25, 0.3) is 5.91 Å². The van der Waals surface area contributed by atoms with Crippen LogP contribution in [-0.2, 0) is 11.3 Å². The maximum absolute atomic E-state index is 13.8. The molecule has 39 heavy (non-hydrogen) atoms. The van der Waals surface area contributed by atoms with E-state index in [9.17, 15) is 14.7 Å². The number of furan rings is 1. The maximum atomic E-state index is 13.8. The molecule has 1 amide bonds. The number of aliphatic hydroxyl groups excluding tert-OH is 1. The van der Waals surface area contributed by atoms with Gasteiger partial charge in [0.15, 0.2) is 23.0 Å². The van der Waals surface area contributed by atoms with Gasteiger partial charge in [-0.3, -0.25) is 9.59 Å². The smallest absolute Gasteiger partial charge is 0.290 e. The summed E-state index contributed by atoms with van der Waals surface area (Å²) in [4.78, 5) is 28.7. The van der Waals surface area contributed by atoms with E-state index in [0.29, 0.717) is 35.2 Å². The van der Waals surface area contributed by atoms with Gasteiger partial charge >= 0.3 is 0 Å². The van der Waals surface area contributed by atoms with Crippen molar-refractivity contribution in [3.63, 3.8) is 0 Å². The number of amides is 1. The van der Waals surface area contributed by atoms with E-state index in [1.165, 1.54) is 4.90 Å². The highest BCUT2D eigenvalue weighted by atomic mass is 16.5. The van der Waals surface area contributed by atoms with Crippen LogP contribution in [0, 0.1) is 5.92 Å². The Kier molecular flexibility index (Phi) is 7.41. The highest BCUT2D eigenvalue weighted by Gasteiger charge is 2.44. The SMILES string of the molecule is COc1cc(C2C(C(=O)c3cc4ccccc4o3)=C(O)C(=O)N2Cc2ccccc2)ccc1OCCC(C)C. The van der Waals surface area contributed by atoms with E-state index in [1.54, 1.807) is 37.4 Å². The molecule has 0 radical (unpaired) electrons. The van der Waals surface area contributed by atoms with Gasteiger partial charge in [0, 0.05) is 11.9 Å². The quantitative estimate of drug-likeness (QED) is 0.233. The van der Waals surface area contributed by atoms with Crippen LogP contribution in [0.5, 0.6) is 11.5 Å². The first kappa shape index (κ1) is 26.1. The second-order valence-corrected chi connectivity index (χ2v) is 10.0. The third kappa shape index (κ3) is 5.25. The lowest BCUT2D eigenvalue weighted by Crippen LogP contribution is -2.30. The average Bonchev–Trinajstić information content (AvgIpc) is 3.48. The second-order valence-electron chi connectivity index (χ2n) is 10.0. The van der Waals surface area contributed by atoms with Gasteiger partial charge in [-0.15, -0.1) is 0 Å². The number of aliphatic hydroxyl groups is 1. The summed E-state index contributed by atoms with van der Waals surface area (Å²) in [6.45, 7) is 4.98. The number of Topliss-reactive ketones (excluding diaryl/α,β-unsaturated/α-hetero) is 1. The summed E-state index contributed by atoms with van der Waals surface area (Å²) in [5.74, 6) is -0.167. The van der Waals surface area contributed by atoms with Crippen molar-refractivity contribution in [2.75, 3.05) is 13.7 Å². The molecule has 1 N–H and O–H groups in total. The summed E-state index contributed by atoms with van der Waals surface area (Å²) in [5.41, 5.74) is 1.98. The lowest BCUT2D eigenvalue weighted by atomic mass is 9.94. The van der Waals surface area contributed by atoms with Gasteiger partial charge in [-0.2, -0.15) is 0 Å². The van der Waals surface area contributed by atoms with E-state index in [1.807, 2.05) is 48.5 Å². The van der Waals surface area contributed by atoms with Crippen molar-refractivity contribution < 1.29 is 28.6 Å². The first-order valence-electron chi connectivity index (χ1n) is 13.0. The van der Waals surface area contributed by atoms with Gasteiger partial charge in [0.2, 0.25) is 5.78 Å². The Hall–Kier alpha value is -4.52. The molecular weight excluding hydrogens is 494 g/mol. The Morgan fingerprint density at radius 2 is 1.74 bits per heavy atom. The molecule has 1 unspecified atom stereocenters. The predicted octanol–water partition coefficient (Wildman–Crippen LogP) is 6.64. The second kappa shape index (κ2) is 11.1. The van der Waals surface area contributed by atoms with E-state index >= 15 is 0 Å². The van der Waals surface area contributed by atoms with Crippen LogP contribution in [0.4, 0.5) is 0 Å². The molecule has 0 saturated carbocycles. The van der Waals surface area contributed by atoms with Crippen LogP contribution >= 0.6 is 0 Å². The largest absolute Gasteiger partial charge is 0.503 e. The molecule has 0 spiro atoms. The number of ketones is 1. The van der Waals surface area contributed by atoms with Crippen LogP contribution in [0.25, 0.3) is 11.0 Å². The zero-order valence-electron chi connectivity index (χ0n) is 22.2. The molecule has 0 fully saturated rings. The summed E-state index contributed by atoms with van der Waals surface area (Å²) < 4.78 is 17.4. The van der Waals surface area contributed by atoms with Crippen LogP contribution in [0.15, 0.2) is 94.6 Å². The van der Waals surface area contributed by atoms with Crippen LogP contribution in [-0.4, -0.2) is 35.4 Å². The molecular formula is C32H31NO6. The molecule has 7 nitrogen and oxygen atoms in total. The van der Waals surface area contributed by atoms with E-state index in [0.717, 1.165) is 17.4 Å². The molecule has 4 aromatic rings. The van der Waals surface area contributed by atoms with Crippen LogP contribution in [0.1, 0.15) is 48.0 Å². The van der Waals surface area contributed by atoms with Crippen molar-refractivity contribution in [1.82, 2.24) is 4.90 Å². The van der Waals surface area contributed by atoms with E-state index in [4.69, 9.17) is 13.9 Å². The molecule has 1 aliphatic heterocycles. The molecule has 0 bridgehead atoms. The monoisotopic (exact) mass is 525 g/mol. The number of carbonyl (C=O) groups excluding carboxylic acids is 2. The van der Waals surface area contributed by atoms with E-state index in [-0.39, 0.29) is 17.9 Å². The van der Waals surface area contributed by atoms with Crippen LogP contribution in [0.2, 0.25) is 0 Å². The summed E-state index contributed by atoms with van der Waals surface area (Å²) in [6, 6.07) is 22.8. The Balaban J connectivity index is 1.56. The molecule has 1 aliphatic rings. The standard InChI is InChI=1S/C32H31NO6/c1-20(2)15-16-38-25-14-13-23(18-26(25)37-3)29-28(30(34)27-17-22-11-7-8-12-24(22)39-27)31(35)32(36)33(29)19-21-9-5-4-6-10-21/h4-14,17-18,20,29,35H,15-16,19H2,1-3H3. The van der Waals surface area contributed by atoms with E-state index in [2.05, 4.69) is 13.8 Å². The average molecular weight is 526 g/mol. The number of fused-ring (bicyclic) bond motifs is 1. The fourth-order valence-electron chi connectivity index (χ4n) is 4.78. The van der Waals surface area contributed by atoms with Crippen LogP contribution < -0.4 is 9.47 Å². The van der Waals surface area contributed by atoms with Crippen molar-refractivity contribution in [3.05, 3.63) is 107 Å². The number of para-hydroxylation sites is 1. The van der Waals surface area contributed by atoms with Gasteiger partial charge in [-0.05, 0) is 47.7 Å². The zero-order valence-corrected chi connectivity index (χ0v) is 22.2. The van der Waals surface area contributed by atoms with E-state index < -0.39 is 23.5 Å². The molecule has 1 aromatic heterocycles. The van der Waals surface area contributed by atoms with Gasteiger partial charge in [0.1, 0.15) is 5.58 Å². The number of carbonyl (C=O) groups is 2. The molecule has 0 aliphatic carbocycles. The lowest BCUT2D eigenvalue weighted by molar-refractivity contribution is -0.130. The molecule has 200 valence electrons. The van der Waals surface area contributed by atoms with Crippen molar-refractivity contribution in [2.45, 2.75) is 32.9 Å². The molecule has 3 aromatic carbocycles. The number of nitrogens with zero attached hydrogens (tertiary/aromatic N) is 1. The molecule has 5 rings (SSSR count). The summed E-state index contributed by atoms with van der Waals surface area (Å²) in [5, 5.41) is 11.8. The van der Waals surface area contributed by atoms with Gasteiger partial charge in [-0.1, -0.05) is 68.4 Å². The van der Waals surface area contributed by atoms with Crippen molar-refractivity contribution >= 4 is 22.7 Å². The minimum absolute atomic E-state index is 0.0366. The Morgan fingerprint density at radius 3 is 2.46 bits per heavy atom. The Labute approximate surface area is 227 Å². The number of hydrogen-bond donors (Lipinski definition) is 1. The summed E-state index contributed by atoms with van der Waals surface area (Å²) in [7, 11) is 1.55. The van der Waals surface area contributed by atoms with Gasteiger partial charge in [-0.25, -0.2) is 0 Å². The van der Waals surface area contributed by atoms with Crippen LogP contribution in [0.3, 0.4) is 0 Å². The number of rotatable bonds is 10. The molecule has 1 atom stereocenters. The Morgan fingerprint density at radius 1 is 1.00 bits per heavy atom. The number of ether oxygens (including phenoxy) is 2. The lowest BCUT2D eigenvalue weighted by Gasteiger charge is -2.27. The third-order valence-electron chi connectivity index (χ3n) is 6.85. The fraction of sp³-hybridized carbons (Fsp3) is 0.250. The third-order valence-corrected chi connectivity index (χ3v) is 6.85. The molecule has 2 heterocycles. The summed E-state index contributed by atoms with van der Waals surface area (Å²) in [6.07, 6.45) is 0.889. The van der Waals surface area contributed by atoms with Crippen molar-refractivity contribution in [2.24, 2.45) is 5.92 Å². The normalized spacial score (nSPS) is 15.4. The zero-order chi connectivity index (χ0) is 27.5. The fourth-order valence-corrected chi connectivity index (χ4v) is 4.78. The van der Waals surface area contributed by atoms with Crippen molar-refractivity contribution in [3.8, 4) is 11.5 Å². The first-order valence-corrected chi connectivity index (χ1v) is 13.0. The maximum Gasteiger partial charge on any atom is 0.290 e. The molecule has 7 heteroatoms. The molecule has 0 saturated heterocycles. The van der Waals surface area contributed by atoms with Gasteiger partial charge < -0.3 is 23.9 Å². The minimum Gasteiger partial charge on any atom is -0.503 e. The highest BCUT2D eigenvalue weighted by molar-refractivity contribution is 6.16. The Bertz CT molecular complexity index is 1500. The number of methoxy groups -OCH3 is 1. The number of hydrogen-bond acceptors (Lipinski definition) is 6. The number of benzene rings is 3. The summed E-state index contributed by atoms with van der Waals surface area (Å²) >= 11 is 0. The van der Waals surface area contributed by atoms with Gasteiger partial charge in [0.05, 0.1) is 25.3 Å². The van der Waals surface area contributed by atoms with Crippen molar-refractivity contribution in [1.29, 1.82) is 0 Å². The minimum atomic E-state index is -0.864. The topological polar surface area (TPSA) is 89.2 Å².